The number of aliphatic carboxylic acids is 1. The van der Waals surface area contributed by atoms with Gasteiger partial charge in [-0.25, -0.2) is 8.42 Å². The van der Waals surface area contributed by atoms with Crippen molar-refractivity contribution in [1.82, 2.24) is 4.90 Å². The van der Waals surface area contributed by atoms with Crippen molar-refractivity contribution in [3.05, 3.63) is 69.7 Å². The Hall–Kier alpha value is -2.13. The standard InChI is InChI=1S/C27H34Cl2N2O5S/c1-16(2)23(15-37(35,36)17(3)4)31-25(18-8-10-20(28)11-9-18)22(19-6-5-7-21(29)12-19)13-27(30,26(31)34)14-24(32)33/h5-12,16-17,22-23,25H,13-15,30H2,1-4H3,(H,32,33)/t22-,23-,25-,27+/m1/s1. The van der Waals surface area contributed by atoms with E-state index in [1.165, 1.54) is 4.90 Å². The van der Waals surface area contributed by atoms with E-state index in [1.54, 1.807) is 56.3 Å². The summed E-state index contributed by atoms with van der Waals surface area (Å²) in [6, 6.07) is 12.8. The van der Waals surface area contributed by atoms with Crippen molar-refractivity contribution in [2.75, 3.05) is 5.75 Å². The first kappa shape index (κ1) is 29.4. The zero-order valence-electron chi connectivity index (χ0n) is 21.4. The second-order valence-electron chi connectivity index (χ2n) is 10.5. The highest BCUT2D eigenvalue weighted by atomic mass is 35.5. The Bertz CT molecular complexity index is 1250. The Morgan fingerprint density at radius 1 is 1.08 bits per heavy atom. The van der Waals surface area contributed by atoms with Gasteiger partial charge in [-0.2, -0.15) is 0 Å². The molecule has 0 radical (unpaired) electrons. The van der Waals surface area contributed by atoms with Gasteiger partial charge in [0.25, 0.3) is 0 Å². The minimum absolute atomic E-state index is 0.0456. The second kappa shape index (κ2) is 11.3. The Morgan fingerprint density at radius 3 is 2.22 bits per heavy atom. The Kier molecular flexibility index (Phi) is 9.00. The molecule has 1 aliphatic rings. The van der Waals surface area contributed by atoms with Crippen molar-refractivity contribution in [1.29, 1.82) is 0 Å². The highest BCUT2D eigenvalue weighted by Crippen LogP contribution is 2.49. The van der Waals surface area contributed by atoms with Gasteiger partial charge in [0, 0.05) is 22.0 Å². The lowest BCUT2D eigenvalue weighted by Gasteiger charge is -2.52. The summed E-state index contributed by atoms with van der Waals surface area (Å²) < 4.78 is 26.2. The van der Waals surface area contributed by atoms with Crippen molar-refractivity contribution in [2.24, 2.45) is 11.7 Å². The van der Waals surface area contributed by atoms with E-state index in [4.69, 9.17) is 28.9 Å². The average Bonchev–Trinajstić information content (AvgIpc) is 2.79. The van der Waals surface area contributed by atoms with Crippen molar-refractivity contribution >= 4 is 44.9 Å². The molecule has 0 saturated carbocycles. The molecule has 0 aromatic heterocycles. The van der Waals surface area contributed by atoms with Gasteiger partial charge in [-0.3, -0.25) is 9.59 Å². The lowest BCUT2D eigenvalue weighted by atomic mass is 9.70. The quantitative estimate of drug-likeness (QED) is 0.436. The highest BCUT2D eigenvalue weighted by molar-refractivity contribution is 7.92. The molecule has 3 rings (SSSR count). The SMILES string of the molecule is CC(C)[C@@H](CS(=O)(=O)C(C)C)N1C(=O)[C@@](N)(CC(=O)O)C[C@H](c2cccc(Cl)c2)[C@H]1c1ccc(Cl)cc1. The van der Waals surface area contributed by atoms with Gasteiger partial charge < -0.3 is 15.7 Å². The van der Waals surface area contributed by atoms with Gasteiger partial charge in [-0.15, -0.1) is 0 Å². The predicted octanol–water partition coefficient (Wildman–Crippen LogP) is 5.07. The summed E-state index contributed by atoms with van der Waals surface area (Å²) >= 11 is 12.5. The number of amides is 1. The fourth-order valence-corrected chi connectivity index (χ4v) is 6.79. The number of likely N-dealkylation sites (tertiary alicyclic amines) is 1. The number of hydrogen-bond donors (Lipinski definition) is 2. The molecule has 10 heteroatoms. The van der Waals surface area contributed by atoms with Crippen LogP contribution >= 0.6 is 23.2 Å². The second-order valence-corrected chi connectivity index (χ2v) is 14.0. The fraction of sp³-hybridized carbons (Fsp3) is 0.481. The van der Waals surface area contributed by atoms with Crippen LogP contribution in [0, 0.1) is 5.92 Å². The fourth-order valence-electron chi connectivity index (χ4n) is 5.06. The van der Waals surface area contributed by atoms with Crippen LogP contribution in [0.3, 0.4) is 0 Å². The smallest absolute Gasteiger partial charge is 0.305 e. The zero-order chi connectivity index (χ0) is 27.7. The first-order chi connectivity index (χ1) is 17.2. The van der Waals surface area contributed by atoms with E-state index in [0.717, 1.165) is 11.1 Å². The summed E-state index contributed by atoms with van der Waals surface area (Å²) in [5, 5.41) is 10.0. The summed E-state index contributed by atoms with van der Waals surface area (Å²) in [6.45, 7) is 6.91. The van der Waals surface area contributed by atoms with E-state index in [-0.39, 0.29) is 18.1 Å². The van der Waals surface area contributed by atoms with Crippen LogP contribution in [0.1, 0.15) is 63.6 Å². The van der Waals surface area contributed by atoms with Crippen molar-refractivity contribution in [3.63, 3.8) is 0 Å². The molecule has 1 amide bonds. The van der Waals surface area contributed by atoms with Crippen LogP contribution in [-0.2, 0) is 19.4 Å². The maximum absolute atomic E-state index is 14.2. The molecular formula is C27H34Cl2N2O5S. The molecule has 1 fully saturated rings. The molecule has 1 heterocycles. The first-order valence-electron chi connectivity index (χ1n) is 12.2. The molecule has 1 aliphatic heterocycles. The van der Waals surface area contributed by atoms with Crippen molar-refractivity contribution < 1.29 is 23.1 Å². The van der Waals surface area contributed by atoms with E-state index in [1.807, 2.05) is 19.9 Å². The molecule has 1 saturated heterocycles. The van der Waals surface area contributed by atoms with Crippen LogP contribution in [0.4, 0.5) is 0 Å². The molecule has 0 bridgehead atoms. The third-order valence-corrected chi connectivity index (χ3v) is 9.86. The summed E-state index contributed by atoms with van der Waals surface area (Å²) in [5.41, 5.74) is 6.39. The van der Waals surface area contributed by atoms with Gasteiger partial charge in [0.05, 0.1) is 23.5 Å². The number of hydrogen-bond acceptors (Lipinski definition) is 5. The minimum Gasteiger partial charge on any atom is -0.481 e. The Labute approximate surface area is 228 Å². The maximum Gasteiger partial charge on any atom is 0.305 e. The van der Waals surface area contributed by atoms with Crippen LogP contribution in [0.5, 0.6) is 0 Å². The minimum atomic E-state index is -3.57. The highest BCUT2D eigenvalue weighted by Gasteiger charge is 2.54. The molecular weight excluding hydrogens is 535 g/mol. The number of sulfone groups is 1. The van der Waals surface area contributed by atoms with Crippen LogP contribution in [0.2, 0.25) is 10.0 Å². The molecule has 0 spiro atoms. The number of carbonyl (C=O) groups excluding carboxylic acids is 1. The molecule has 2 aromatic carbocycles. The topological polar surface area (TPSA) is 118 Å². The van der Waals surface area contributed by atoms with E-state index in [0.29, 0.717) is 10.0 Å². The first-order valence-corrected chi connectivity index (χ1v) is 14.7. The number of rotatable bonds is 9. The number of nitrogens with two attached hydrogens (primary N) is 1. The molecule has 0 aliphatic carbocycles. The van der Waals surface area contributed by atoms with Crippen LogP contribution in [0.15, 0.2) is 48.5 Å². The number of nitrogens with zero attached hydrogens (tertiary/aromatic N) is 1. The van der Waals surface area contributed by atoms with Gasteiger partial charge in [0.15, 0.2) is 9.84 Å². The normalized spacial score (nSPS) is 23.5. The average molecular weight is 570 g/mol. The van der Waals surface area contributed by atoms with E-state index >= 15 is 0 Å². The van der Waals surface area contributed by atoms with E-state index in [2.05, 4.69) is 0 Å². The molecule has 4 atom stereocenters. The molecule has 3 N–H and O–H groups in total. The number of carboxylic acids is 1. The Morgan fingerprint density at radius 2 is 1.70 bits per heavy atom. The predicted molar refractivity (Wildman–Crippen MR) is 147 cm³/mol. The maximum atomic E-state index is 14.2. The molecule has 7 nitrogen and oxygen atoms in total. The van der Waals surface area contributed by atoms with Crippen LogP contribution in [-0.4, -0.2) is 52.9 Å². The van der Waals surface area contributed by atoms with Crippen LogP contribution < -0.4 is 5.73 Å². The van der Waals surface area contributed by atoms with Crippen molar-refractivity contribution in [2.45, 2.75) is 69.3 Å². The molecule has 202 valence electrons. The summed E-state index contributed by atoms with van der Waals surface area (Å²) in [5.74, 6) is -2.78. The number of halogens is 2. The monoisotopic (exact) mass is 568 g/mol. The summed E-state index contributed by atoms with van der Waals surface area (Å²) in [4.78, 5) is 27.6. The van der Waals surface area contributed by atoms with Gasteiger partial charge in [0.2, 0.25) is 5.91 Å². The number of carboxylic acid groups (broad SMARTS) is 1. The summed E-state index contributed by atoms with van der Waals surface area (Å²) in [7, 11) is -3.57. The van der Waals surface area contributed by atoms with E-state index < -0.39 is 56.9 Å². The third-order valence-electron chi connectivity index (χ3n) is 7.13. The molecule has 37 heavy (non-hydrogen) atoms. The van der Waals surface area contributed by atoms with Crippen molar-refractivity contribution in [3.8, 4) is 0 Å². The Balaban J connectivity index is 2.30. The van der Waals surface area contributed by atoms with Gasteiger partial charge in [-0.1, -0.05) is 61.3 Å². The summed E-state index contributed by atoms with van der Waals surface area (Å²) in [6.07, 6.45) is -0.543. The number of carbonyl (C=O) groups is 2. The largest absolute Gasteiger partial charge is 0.481 e. The lowest BCUT2D eigenvalue weighted by Crippen LogP contribution is -2.66. The van der Waals surface area contributed by atoms with Crippen LogP contribution in [0.25, 0.3) is 0 Å². The van der Waals surface area contributed by atoms with Gasteiger partial charge in [0.1, 0.15) is 5.54 Å². The molecule has 2 aromatic rings. The lowest BCUT2D eigenvalue weighted by molar-refractivity contribution is -0.154. The number of piperidine rings is 1. The van der Waals surface area contributed by atoms with Gasteiger partial charge >= 0.3 is 5.97 Å². The number of benzene rings is 2. The third kappa shape index (κ3) is 6.48. The zero-order valence-corrected chi connectivity index (χ0v) is 23.7. The van der Waals surface area contributed by atoms with E-state index in [9.17, 15) is 23.1 Å². The molecule has 0 unspecified atom stereocenters. The van der Waals surface area contributed by atoms with Gasteiger partial charge in [-0.05, 0) is 61.6 Å².